The number of quaternary nitrogens is 2. The Morgan fingerprint density at radius 1 is 0.966 bits per heavy atom. The van der Waals surface area contributed by atoms with E-state index in [0.29, 0.717) is 12.5 Å². The van der Waals surface area contributed by atoms with Gasteiger partial charge in [0.05, 0.1) is 7.11 Å². The summed E-state index contributed by atoms with van der Waals surface area (Å²) in [6.07, 6.45) is 8.04. The number of hydrogen-bond acceptors (Lipinski definition) is 2. The normalized spacial score (nSPS) is 38.0. The molecule has 3 N–H and O–H groups in total. The first-order valence-corrected chi connectivity index (χ1v) is 11.7. The highest BCUT2D eigenvalue weighted by Crippen LogP contribution is 2.55. The van der Waals surface area contributed by atoms with Gasteiger partial charge in [-0.3, -0.25) is 4.79 Å². The van der Waals surface area contributed by atoms with Crippen LogP contribution in [0.5, 0.6) is 5.75 Å². The van der Waals surface area contributed by atoms with E-state index in [2.05, 4.69) is 17.4 Å². The lowest BCUT2D eigenvalue weighted by Crippen LogP contribution is -3.28. The third kappa shape index (κ3) is 4.31. The van der Waals surface area contributed by atoms with Crippen molar-refractivity contribution >= 4 is 5.91 Å². The Hall–Kier alpha value is -1.59. The number of piperazine rings is 1. The second-order valence-electron chi connectivity index (χ2n) is 10.4. The van der Waals surface area contributed by atoms with Crippen molar-refractivity contribution in [3.63, 3.8) is 0 Å². The third-order valence-corrected chi connectivity index (χ3v) is 8.13. The Labute approximate surface area is 174 Å². The van der Waals surface area contributed by atoms with Gasteiger partial charge in [0.2, 0.25) is 0 Å². The summed E-state index contributed by atoms with van der Waals surface area (Å²) in [5.74, 6) is 3.89. The maximum Gasteiger partial charge on any atom is 0.275 e. The van der Waals surface area contributed by atoms with Crippen LogP contribution in [0.1, 0.15) is 44.1 Å². The second-order valence-corrected chi connectivity index (χ2v) is 10.4. The minimum atomic E-state index is 0.159. The molecule has 5 aliphatic rings. The Morgan fingerprint density at radius 3 is 2.07 bits per heavy atom. The fraction of sp³-hybridized carbons (Fsp3) is 0.708. The maximum absolute atomic E-state index is 12.9. The van der Waals surface area contributed by atoms with Gasteiger partial charge in [-0.05, 0) is 80.5 Å². The number of amides is 1. The highest BCUT2D eigenvalue weighted by atomic mass is 16.5. The molecule has 6 rings (SSSR count). The van der Waals surface area contributed by atoms with Crippen LogP contribution in [0, 0.1) is 17.8 Å². The Balaban J connectivity index is 1.08. The van der Waals surface area contributed by atoms with E-state index in [-0.39, 0.29) is 5.54 Å². The molecule has 0 spiro atoms. The van der Waals surface area contributed by atoms with Crippen LogP contribution in [0.25, 0.3) is 0 Å². The minimum Gasteiger partial charge on any atom is -0.497 e. The van der Waals surface area contributed by atoms with Crippen molar-refractivity contribution in [1.82, 2.24) is 5.32 Å². The van der Waals surface area contributed by atoms with Crippen molar-refractivity contribution in [2.24, 2.45) is 17.8 Å². The Morgan fingerprint density at radius 2 is 1.52 bits per heavy atom. The van der Waals surface area contributed by atoms with Crippen LogP contribution < -0.4 is 19.9 Å². The Kier molecular flexibility index (Phi) is 5.29. The molecule has 1 amide bonds. The van der Waals surface area contributed by atoms with E-state index in [9.17, 15) is 4.79 Å². The van der Waals surface area contributed by atoms with Crippen molar-refractivity contribution in [3.8, 4) is 5.75 Å². The molecule has 4 saturated carbocycles. The van der Waals surface area contributed by atoms with Gasteiger partial charge in [0.1, 0.15) is 38.5 Å². The van der Waals surface area contributed by atoms with Gasteiger partial charge in [0.15, 0.2) is 6.54 Å². The fourth-order valence-corrected chi connectivity index (χ4v) is 7.17. The molecule has 0 radical (unpaired) electrons. The van der Waals surface area contributed by atoms with Crippen molar-refractivity contribution in [2.75, 3.05) is 39.8 Å². The summed E-state index contributed by atoms with van der Waals surface area (Å²) in [6.45, 7) is 6.21. The van der Waals surface area contributed by atoms with E-state index in [1.807, 2.05) is 12.1 Å². The van der Waals surface area contributed by atoms with Gasteiger partial charge in [0, 0.05) is 11.1 Å². The standard InChI is InChI=1S/C24H35N3O2/c1-29-22-4-2-18(3-5-22)16-26-6-8-27(9-7-26)17-23(28)25-24-13-19-10-20(14-24)12-21(11-19)15-24/h2-5,19-21H,6-17H2,1H3,(H,25,28)/p+2. The van der Waals surface area contributed by atoms with Crippen LogP contribution in [0.15, 0.2) is 24.3 Å². The van der Waals surface area contributed by atoms with Crippen LogP contribution in [0.2, 0.25) is 0 Å². The largest absolute Gasteiger partial charge is 0.497 e. The molecular weight excluding hydrogens is 362 g/mol. The van der Waals surface area contributed by atoms with Gasteiger partial charge < -0.3 is 19.9 Å². The first-order chi connectivity index (χ1) is 14.1. The molecule has 0 aromatic heterocycles. The van der Waals surface area contributed by atoms with Crippen LogP contribution in [-0.2, 0) is 11.3 Å². The number of hydrogen-bond donors (Lipinski definition) is 3. The molecule has 4 bridgehead atoms. The monoisotopic (exact) mass is 399 g/mol. The molecular formula is C24H37N3O2+2. The van der Waals surface area contributed by atoms with E-state index >= 15 is 0 Å². The van der Waals surface area contributed by atoms with E-state index in [4.69, 9.17) is 4.74 Å². The first kappa shape index (κ1) is 19.4. The van der Waals surface area contributed by atoms with Crippen LogP contribution in [0.3, 0.4) is 0 Å². The SMILES string of the molecule is COc1ccc(C[NH+]2CC[NH+](CC(=O)NC34CC5CC(CC(C5)C3)C4)CC2)cc1. The summed E-state index contributed by atoms with van der Waals surface area (Å²) in [4.78, 5) is 16.0. The number of ether oxygens (including phenoxy) is 1. The Bertz CT molecular complexity index is 689. The quantitative estimate of drug-likeness (QED) is 0.634. The average Bonchev–Trinajstić information content (AvgIpc) is 2.68. The number of carbonyl (C=O) groups is 1. The van der Waals surface area contributed by atoms with Gasteiger partial charge >= 0.3 is 0 Å². The van der Waals surface area contributed by atoms with E-state index < -0.39 is 0 Å². The van der Waals surface area contributed by atoms with Crippen LogP contribution in [0.4, 0.5) is 0 Å². The van der Waals surface area contributed by atoms with Crippen molar-refractivity contribution in [2.45, 2.75) is 50.6 Å². The van der Waals surface area contributed by atoms with Crippen molar-refractivity contribution in [3.05, 3.63) is 29.8 Å². The summed E-state index contributed by atoms with van der Waals surface area (Å²) < 4.78 is 5.25. The van der Waals surface area contributed by atoms with Crippen LogP contribution >= 0.6 is 0 Å². The number of carbonyl (C=O) groups excluding carboxylic acids is 1. The highest BCUT2D eigenvalue weighted by Gasteiger charge is 2.51. The lowest BCUT2D eigenvalue weighted by atomic mass is 9.53. The fourth-order valence-electron chi connectivity index (χ4n) is 7.17. The lowest BCUT2D eigenvalue weighted by molar-refractivity contribution is -1.02. The topological polar surface area (TPSA) is 47.2 Å². The molecule has 5 fully saturated rings. The maximum atomic E-state index is 12.9. The molecule has 5 nitrogen and oxygen atoms in total. The molecule has 4 aliphatic carbocycles. The number of rotatable bonds is 6. The second kappa shape index (κ2) is 7.92. The van der Waals surface area contributed by atoms with Gasteiger partial charge in [-0.25, -0.2) is 0 Å². The van der Waals surface area contributed by atoms with Gasteiger partial charge in [-0.15, -0.1) is 0 Å². The zero-order valence-corrected chi connectivity index (χ0v) is 17.8. The van der Waals surface area contributed by atoms with Gasteiger partial charge in [-0.1, -0.05) is 0 Å². The summed E-state index contributed by atoms with van der Waals surface area (Å²) in [7, 11) is 1.71. The molecule has 1 aliphatic heterocycles. The lowest BCUT2D eigenvalue weighted by Gasteiger charge is -2.56. The predicted molar refractivity (Wildman–Crippen MR) is 112 cm³/mol. The molecule has 1 saturated heterocycles. The molecule has 0 unspecified atom stereocenters. The summed E-state index contributed by atoms with van der Waals surface area (Å²) in [6, 6.07) is 8.43. The van der Waals surface area contributed by atoms with E-state index in [1.54, 1.807) is 12.0 Å². The minimum absolute atomic E-state index is 0.159. The molecule has 1 aromatic rings. The highest BCUT2D eigenvalue weighted by molar-refractivity contribution is 5.77. The zero-order chi connectivity index (χ0) is 19.8. The average molecular weight is 400 g/mol. The predicted octanol–water partition coefficient (Wildman–Crippen LogP) is 0.0636. The van der Waals surface area contributed by atoms with Gasteiger partial charge in [-0.2, -0.15) is 0 Å². The molecule has 5 heteroatoms. The molecule has 29 heavy (non-hydrogen) atoms. The summed E-state index contributed by atoms with van der Waals surface area (Å²) in [5.41, 5.74) is 1.52. The first-order valence-electron chi connectivity index (χ1n) is 11.7. The van der Waals surface area contributed by atoms with E-state index in [0.717, 1.165) is 56.2 Å². The number of nitrogens with one attached hydrogen (secondary N) is 3. The zero-order valence-electron chi connectivity index (χ0n) is 17.8. The summed E-state index contributed by atoms with van der Waals surface area (Å²) in [5, 5.41) is 3.56. The number of benzene rings is 1. The van der Waals surface area contributed by atoms with E-state index in [1.165, 1.54) is 49.0 Å². The smallest absolute Gasteiger partial charge is 0.275 e. The third-order valence-electron chi connectivity index (χ3n) is 8.13. The number of methoxy groups -OCH3 is 1. The van der Waals surface area contributed by atoms with Crippen molar-refractivity contribution in [1.29, 1.82) is 0 Å². The molecule has 158 valence electrons. The summed E-state index contributed by atoms with van der Waals surface area (Å²) >= 11 is 0. The van der Waals surface area contributed by atoms with Crippen LogP contribution in [-0.4, -0.2) is 51.3 Å². The molecule has 0 atom stereocenters. The van der Waals surface area contributed by atoms with Crippen molar-refractivity contribution < 1.29 is 19.3 Å². The molecule has 1 aromatic carbocycles. The van der Waals surface area contributed by atoms with Gasteiger partial charge in [0.25, 0.3) is 5.91 Å². The molecule has 1 heterocycles.